The minimum absolute atomic E-state index is 0.315. The Morgan fingerprint density at radius 2 is 2.16 bits per heavy atom. The first-order valence-electron chi connectivity index (χ1n) is 5.50. The standard InChI is InChI=1S/C12H9BrN4O2/c13-8-3-7(5-15-6-8)11-16-12(19-17-11)10-2-1-9(4-14)18-10/h1-3,5-6H,4,14H2. The van der Waals surface area contributed by atoms with Gasteiger partial charge in [0.15, 0.2) is 5.76 Å². The van der Waals surface area contributed by atoms with Gasteiger partial charge in [-0.15, -0.1) is 0 Å². The van der Waals surface area contributed by atoms with Crippen LogP contribution < -0.4 is 5.73 Å². The zero-order chi connectivity index (χ0) is 13.2. The fraction of sp³-hybridized carbons (Fsp3) is 0.0833. The molecule has 3 heterocycles. The molecule has 0 aliphatic rings. The monoisotopic (exact) mass is 320 g/mol. The molecule has 3 rings (SSSR count). The van der Waals surface area contributed by atoms with Crippen LogP contribution in [0.15, 0.2) is 44.0 Å². The number of nitrogens with two attached hydrogens (primary N) is 1. The Labute approximate surface area is 116 Å². The third kappa shape index (κ3) is 2.42. The van der Waals surface area contributed by atoms with E-state index in [2.05, 4.69) is 31.1 Å². The summed E-state index contributed by atoms with van der Waals surface area (Å²) in [6, 6.07) is 5.38. The SMILES string of the molecule is NCc1ccc(-c2nc(-c3cncc(Br)c3)no2)o1. The molecule has 6 nitrogen and oxygen atoms in total. The molecular weight excluding hydrogens is 312 g/mol. The molecule has 0 unspecified atom stereocenters. The Balaban J connectivity index is 1.95. The average Bonchev–Trinajstić information content (AvgIpc) is 3.07. The van der Waals surface area contributed by atoms with E-state index in [1.165, 1.54) is 0 Å². The lowest BCUT2D eigenvalue weighted by molar-refractivity contribution is 0.412. The lowest BCUT2D eigenvalue weighted by atomic mass is 10.3. The molecule has 96 valence electrons. The summed E-state index contributed by atoms with van der Waals surface area (Å²) < 4.78 is 11.5. The normalized spacial score (nSPS) is 10.8. The number of hydrogen-bond acceptors (Lipinski definition) is 6. The highest BCUT2D eigenvalue weighted by Gasteiger charge is 2.14. The van der Waals surface area contributed by atoms with E-state index in [1.54, 1.807) is 24.5 Å². The summed E-state index contributed by atoms with van der Waals surface area (Å²) in [6.07, 6.45) is 3.34. The molecule has 19 heavy (non-hydrogen) atoms. The van der Waals surface area contributed by atoms with Gasteiger partial charge in [0.1, 0.15) is 5.76 Å². The van der Waals surface area contributed by atoms with Crippen molar-refractivity contribution in [2.24, 2.45) is 5.73 Å². The average molecular weight is 321 g/mol. The number of hydrogen-bond donors (Lipinski definition) is 1. The first-order chi connectivity index (χ1) is 9.26. The molecule has 3 aromatic rings. The van der Waals surface area contributed by atoms with Gasteiger partial charge in [-0.3, -0.25) is 4.98 Å². The van der Waals surface area contributed by atoms with Gasteiger partial charge in [0.05, 0.1) is 6.54 Å². The molecular formula is C12H9BrN4O2. The van der Waals surface area contributed by atoms with Gasteiger partial charge in [-0.25, -0.2) is 0 Å². The minimum atomic E-state index is 0.315. The molecule has 0 saturated carbocycles. The number of nitrogens with zero attached hydrogens (tertiary/aromatic N) is 3. The summed E-state index contributed by atoms with van der Waals surface area (Å²) in [7, 11) is 0. The number of pyridine rings is 1. The fourth-order valence-corrected chi connectivity index (χ4v) is 1.94. The van der Waals surface area contributed by atoms with Crippen molar-refractivity contribution in [1.82, 2.24) is 15.1 Å². The Morgan fingerprint density at radius 3 is 2.89 bits per heavy atom. The van der Waals surface area contributed by atoms with Crippen molar-refractivity contribution in [1.29, 1.82) is 0 Å². The van der Waals surface area contributed by atoms with Crippen molar-refractivity contribution in [2.75, 3.05) is 0 Å². The predicted octanol–water partition coefficient (Wildman–Crippen LogP) is 2.61. The van der Waals surface area contributed by atoms with Crippen LogP contribution >= 0.6 is 15.9 Å². The van der Waals surface area contributed by atoms with Crippen molar-refractivity contribution in [3.63, 3.8) is 0 Å². The van der Waals surface area contributed by atoms with E-state index < -0.39 is 0 Å². The van der Waals surface area contributed by atoms with Gasteiger partial charge >= 0.3 is 0 Å². The van der Waals surface area contributed by atoms with Gasteiger partial charge in [0, 0.05) is 22.4 Å². The van der Waals surface area contributed by atoms with Crippen LogP contribution in [0.1, 0.15) is 5.76 Å². The highest BCUT2D eigenvalue weighted by Crippen LogP contribution is 2.24. The first kappa shape index (κ1) is 12.1. The van der Waals surface area contributed by atoms with Crippen LogP contribution in [-0.2, 0) is 6.54 Å². The van der Waals surface area contributed by atoms with Crippen LogP contribution in [-0.4, -0.2) is 15.1 Å². The fourth-order valence-electron chi connectivity index (χ4n) is 1.58. The number of rotatable bonds is 3. The molecule has 0 atom stereocenters. The first-order valence-corrected chi connectivity index (χ1v) is 6.29. The quantitative estimate of drug-likeness (QED) is 0.797. The molecule has 0 spiro atoms. The predicted molar refractivity (Wildman–Crippen MR) is 70.8 cm³/mol. The second-order valence-corrected chi connectivity index (χ2v) is 4.70. The van der Waals surface area contributed by atoms with E-state index >= 15 is 0 Å². The van der Waals surface area contributed by atoms with Crippen LogP contribution in [0.2, 0.25) is 0 Å². The van der Waals surface area contributed by atoms with E-state index in [0.717, 1.165) is 10.0 Å². The third-order valence-corrected chi connectivity index (χ3v) is 2.90. The molecule has 0 radical (unpaired) electrons. The Kier molecular flexibility index (Phi) is 3.14. The highest BCUT2D eigenvalue weighted by molar-refractivity contribution is 9.10. The number of aromatic nitrogens is 3. The molecule has 3 aromatic heterocycles. The zero-order valence-corrected chi connectivity index (χ0v) is 11.3. The van der Waals surface area contributed by atoms with E-state index in [0.29, 0.717) is 29.8 Å². The minimum Gasteiger partial charge on any atom is -0.455 e. The van der Waals surface area contributed by atoms with Crippen molar-refractivity contribution >= 4 is 15.9 Å². The molecule has 0 bridgehead atoms. The topological polar surface area (TPSA) is 91.0 Å². The molecule has 0 aliphatic heterocycles. The van der Waals surface area contributed by atoms with Gasteiger partial charge in [0.2, 0.25) is 5.82 Å². The maximum Gasteiger partial charge on any atom is 0.293 e. The largest absolute Gasteiger partial charge is 0.455 e. The second-order valence-electron chi connectivity index (χ2n) is 3.79. The number of halogens is 1. The molecule has 0 amide bonds. The molecule has 0 aliphatic carbocycles. The summed E-state index contributed by atoms with van der Waals surface area (Å²) in [6.45, 7) is 0.330. The van der Waals surface area contributed by atoms with Crippen molar-refractivity contribution < 1.29 is 8.94 Å². The summed E-state index contributed by atoms with van der Waals surface area (Å²) in [4.78, 5) is 8.32. The summed E-state index contributed by atoms with van der Waals surface area (Å²) in [5.41, 5.74) is 6.24. The van der Waals surface area contributed by atoms with Gasteiger partial charge in [0.25, 0.3) is 5.89 Å². The van der Waals surface area contributed by atoms with E-state index in [-0.39, 0.29) is 0 Å². The van der Waals surface area contributed by atoms with Crippen molar-refractivity contribution in [3.05, 3.63) is 40.8 Å². The third-order valence-electron chi connectivity index (χ3n) is 2.46. The summed E-state index contributed by atoms with van der Waals surface area (Å²) >= 11 is 3.34. The van der Waals surface area contributed by atoms with Crippen LogP contribution in [0.5, 0.6) is 0 Å². The van der Waals surface area contributed by atoms with Crippen LogP contribution in [0.25, 0.3) is 23.0 Å². The molecule has 0 aromatic carbocycles. The maximum atomic E-state index is 5.48. The van der Waals surface area contributed by atoms with Crippen LogP contribution in [0, 0.1) is 0 Å². The summed E-state index contributed by atoms with van der Waals surface area (Å²) in [5, 5.41) is 3.90. The van der Waals surface area contributed by atoms with Crippen molar-refractivity contribution in [3.8, 4) is 23.0 Å². The molecule has 2 N–H and O–H groups in total. The number of furan rings is 1. The summed E-state index contributed by atoms with van der Waals surface area (Å²) in [5.74, 6) is 1.94. The lowest BCUT2D eigenvalue weighted by Gasteiger charge is -1.93. The van der Waals surface area contributed by atoms with Gasteiger partial charge < -0.3 is 14.7 Å². The molecule has 0 saturated heterocycles. The zero-order valence-electron chi connectivity index (χ0n) is 9.71. The van der Waals surface area contributed by atoms with E-state index in [4.69, 9.17) is 14.7 Å². The van der Waals surface area contributed by atoms with Gasteiger partial charge in [-0.05, 0) is 34.1 Å². The lowest BCUT2D eigenvalue weighted by Crippen LogP contribution is -1.92. The Hall–Kier alpha value is -1.99. The van der Waals surface area contributed by atoms with Crippen molar-refractivity contribution in [2.45, 2.75) is 6.54 Å². The van der Waals surface area contributed by atoms with E-state index in [9.17, 15) is 0 Å². The maximum absolute atomic E-state index is 5.48. The Bertz CT molecular complexity index is 707. The second kappa shape index (κ2) is 4.94. The van der Waals surface area contributed by atoms with Crippen LogP contribution in [0.4, 0.5) is 0 Å². The highest BCUT2D eigenvalue weighted by atomic mass is 79.9. The Morgan fingerprint density at radius 1 is 1.26 bits per heavy atom. The van der Waals surface area contributed by atoms with Crippen LogP contribution in [0.3, 0.4) is 0 Å². The smallest absolute Gasteiger partial charge is 0.293 e. The van der Waals surface area contributed by atoms with Gasteiger partial charge in [-0.1, -0.05) is 5.16 Å². The molecule has 7 heteroatoms. The molecule has 0 fully saturated rings. The van der Waals surface area contributed by atoms with E-state index in [1.807, 2.05) is 6.07 Å². The van der Waals surface area contributed by atoms with Gasteiger partial charge in [-0.2, -0.15) is 4.98 Å².